The predicted molar refractivity (Wildman–Crippen MR) is 50.7 cm³/mol. The number of ether oxygens (including phenoxy) is 1. The first-order valence-corrected chi connectivity index (χ1v) is 6.02. The monoisotopic (exact) mass is 239 g/mol. The molecular weight excluding hydrogens is 226 g/mol. The molecule has 0 heterocycles. The maximum Gasteiger partial charge on any atom is 0.336 e. The molecule has 0 radical (unpaired) electrons. The third-order valence-electron chi connectivity index (χ3n) is 1.36. The Morgan fingerprint density at radius 1 is 1.47 bits per heavy atom. The van der Waals surface area contributed by atoms with Gasteiger partial charge in [0.25, 0.3) is 0 Å². The van der Waals surface area contributed by atoms with Crippen molar-refractivity contribution in [2.24, 2.45) is 0 Å². The van der Waals surface area contributed by atoms with Crippen LogP contribution in [0.2, 0.25) is 0 Å². The fraction of sp³-hybridized carbons (Fsp3) is 0.714. The molecule has 1 amide bonds. The Hall–Kier alpha value is -1.15. The lowest BCUT2D eigenvalue weighted by Gasteiger charge is -2.08. The van der Waals surface area contributed by atoms with Crippen LogP contribution in [0.4, 0.5) is 0 Å². The predicted octanol–water partition coefficient (Wildman–Crippen LogP) is -2.32. The topological polar surface area (TPSA) is 110 Å². The van der Waals surface area contributed by atoms with Crippen molar-refractivity contribution in [2.75, 3.05) is 25.7 Å². The minimum Gasteiger partial charge on any atom is -0.467 e. The number of aliphatic hydroxyl groups excluding tert-OH is 1. The Labute approximate surface area is 87.3 Å². The summed E-state index contributed by atoms with van der Waals surface area (Å²) in [5.74, 6) is -2.35. The maximum absolute atomic E-state index is 10.9. The number of hydrogen-bond donors (Lipinski definition) is 2. The third-order valence-corrected chi connectivity index (χ3v) is 2.15. The van der Waals surface area contributed by atoms with E-state index in [1.807, 2.05) is 0 Å². The number of esters is 1. The van der Waals surface area contributed by atoms with Gasteiger partial charge in [0.2, 0.25) is 5.91 Å². The molecular formula is C7H13NO6S. The lowest BCUT2D eigenvalue weighted by Crippen LogP contribution is -2.39. The minimum absolute atomic E-state index is 0.374. The Balaban J connectivity index is 3.97. The molecule has 0 aromatic carbocycles. The van der Waals surface area contributed by atoms with Crippen molar-refractivity contribution in [2.45, 2.75) is 6.10 Å². The zero-order valence-electron chi connectivity index (χ0n) is 8.39. The normalized spacial score (nSPS) is 13.0. The van der Waals surface area contributed by atoms with E-state index in [1.54, 1.807) is 0 Å². The number of sulfone groups is 1. The molecule has 0 bridgehead atoms. The van der Waals surface area contributed by atoms with Gasteiger partial charge < -0.3 is 15.2 Å². The Morgan fingerprint density at radius 2 is 2.00 bits per heavy atom. The van der Waals surface area contributed by atoms with Gasteiger partial charge in [-0.2, -0.15) is 0 Å². The van der Waals surface area contributed by atoms with Gasteiger partial charge in [0.15, 0.2) is 15.9 Å². The molecule has 0 saturated carbocycles. The second-order valence-corrected chi connectivity index (χ2v) is 5.05. The summed E-state index contributed by atoms with van der Waals surface area (Å²) in [4.78, 5) is 21.6. The molecule has 88 valence electrons. The highest BCUT2D eigenvalue weighted by molar-refractivity contribution is 7.91. The van der Waals surface area contributed by atoms with Crippen LogP contribution >= 0.6 is 0 Å². The number of carbonyl (C=O) groups excluding carboxylic acids is 2. The number of aliphatic hydroxyl groups is 1. The van der Waals surface area contributed by atoms with Crippen LogP contribution in [0.1, 0.15) is 0 Å². The van der Waals surface area contributed by atoms with Crippen LogP contribution in [0, 0.1) is 0 Å². The van der Waals surface area contributed by atoms with Crippen LogP contribution in [-0.4, -0.2) is 57.2 Å². The van der Waals surface area contributed by atoms with Crippen LogP contribution in [0.3, 0.4) is 0 Å². The molecule has 1 unspecified atom stereocenters. The van der Waals surface area contributed by atoms with Crippen molar-refractivity contribution >= 4 is 21.7 Å². The van der Waals surface area contributed by atoms with E-state index < -0.39 is 33.6 Å². The molecule has 0 aliphatic heterocycles. The third kappa shape index (κ3) is 6.86. The average Bonchev–Trinajstić information content (AvgIpc) is 2.10. The summed E-state index contributed by atoms with van der Waals surface area (Å²) >= 11 is 0. The molecule has 2 N–H and O–H groups in total. The fourth-order valence-corrected chi connectivity index (χ4v) is 1.30. The first-order valence-electron chi connectivity index (χ1n) is 3.96. The van der Waals surface area contributed by atoms with Gasteiger partial charge in [-0.15, -0.1) is 0 Å². The van der Waals surface area contributed by atoms with E-state index in [1.165, 1.54) is 0 Å². The van der Waals surface area contributed by atoms with Gasteiger partial charge in [-0.1, -0.05) is 0 Å². The van der Waals surface area contributed by atoms with E-state index in [4.69, 9.17) is 5.11 Å². The van der Waals surface area contributed by atoms with Crippen LogP contribution in [0.25, 0.3) is 0 Å². The number of hydrogen-bond acceptors (Lipinski definition) is 6. The summed E-state index contributed by atoms with van der Waals surface area (Å²) in [5, 5.41) is 11.1. The maximum atomic E-state index is 10.9. The second-order valence-electron chi connectivity index (χ2n) is 2.91. The van der Waals surface area contributed by atoms with Crippen LogP contribution in [-0.2, 0) is 24.2 Å². The summed E-state index contributed by atoms with van der Waals surface area (Å²) < 4.78 is 25.5. The van der Waals surface area contributed by atoms with Crippen molar-refractivity contribution in [3.63, 3.8) is 0 Å². The first kappa shape index (κ1) is 13.8. The molecule has 7 nitrogen and oxygen atoms in total. The fourth-order valence-electron chi connectivity index (χ4n) is 0.719. The Bertz CT molecular complexity index is 335. The highest BCUT2D eigenvalue weighted by Crippen LogP contribution is 1.86. The van der Waals surface area contributed by atoms with Crippen LogP contribution in [0.15, 0.2) is 0 Å². The Morgan fingerprint density at radius 3 is 2.40 bits per heavy atom. The molecule has 0 rings (SSSR count). The van der Waals surface area contributed by atoms with Crippen LogP contribution < -0.4 is 5.32 Å². The smallest absolute Gasteiger partial charge is 0.336 e. The summed E-state index contributed by atoms with van der Waals surface area (Å²) in [5.41, 5.74) is 0. The molecule has 0 aromatic rings. The standard InChI is InChI=1S/C7H13NO6S/c1-14-7(11)5(9)3-8-6(10)4-15(2,12)13/h5,9H,3-4H2,1-2H3,(H,8,10). The first-order chi connectivity index (χ1) is 6.76. The van der Waals surface area contributed by atoms with Gasteiger partial charge in [0.1, 0.15) is 5.75 Å². The zero-order chi connectivity index (χ0) is 12.1. The molecule has 0 saturated heterocycles. The lowest BCUT2D eigenvalue weighted by atomic mass is 10.3. The van der Waals surface area contributed by atoms with Gasteiger partial charge in [0.05, 0.1) is 13.7 Å². The summed E-state index contributed by atoms with van der Waals surface area (Å²) in [6.45, 7) is -0.374. The van der Waals surface area contributed by atoms with Gasteiger partial charge in [-0.25, -0.2) is 13.2 Å². The van der Waals surface area contributed by atoms with E-state index in [2.05, 4.69) is 10.1 Å². The largest absolute Gasteiger partial charge is 0.467 e. The van der Waals surface area contributed by atoms with Crippen molar-refractivity contribution in [1.82, 2.24) is 5.32 Å². The summed E-state index contributed by atoms with van der Waals surface area (Å²) in [7, 11) is -2.32. The molecule has 0 aliphatic rings. The molecule has 0 fully saturated rings. The van der Waals surface area contributed by atoms with Gasteiger partial charge in [0, 0.05) is 6.26 Å². The van der Waals surface area contributed by atoms with E-state index >= 15 is 0 Å². The van der Waals surface area contributed by atoms with Crippen molar-refractivity contribution in [3.05, 3.63) is 0 Å². The van der Waals surface area contributed by atoms with Gasteiger partial charge in [-0.05, 0) is 0 Å². The van der Waals surface area contributed by atoms with E-state index in [0.717, 1.165) is 13.4 Å². The number of amides is 1. The summed E-state index contributed by atoms with van der Waals surface area (Å²) in [6.07, 6.45) is -0.581. The quantitative estimate of drug-likeness (QED) is 0.521. The number of carbonyl (C=O) groups is 2. The van der Waals surface area contributed by atoms with Crippen molar-refractivity contribution in [3.8, 4) is 0 Å². The number of rotatable bonds is 5. The van der Waals surface area contributed by atoms with Crippen molar-refractivity contribution < 1.29 is 27.9 Å². The molecule has 1 atom stereocenters. The number of methoxy groups -OCH3 is 1. The highest BCUT2D eigenvalue weighted by atomic mass is 32.2. The summed E-state index contributed by atoms with van der Waals surface area (Å²) in [6, 6.07) is 0. The van der Waals surface area contributed by atoms with E-state index in [0.29, 0.717) is 0 Å². The van der Waals surface area contributed by atoms with Gasteiger partial charge in [-0.3, -0.25) is 4.79 Å². The number of nitrogens with one attached hydrogen (secondary N) is 1. The molecule has 8 heteroatoms. The molecule has 0 aromatic heterocycles. The molecule has 0 spiro atoms. The lowest BCUT2D eigenvalue weighted by molar-refractivity contribution is -0.150. The average molecular weight is 239 g/mol. The van der Waals surface area contributed by atoms with Crippen molar-refractivity contribution in [1.29, 1.82) is 0 Å². The van der Waals surface area contributed by atoms with Crippen LogP contribution in [0.5, 0.6) is 0 Å². The van der Waals surface area contributed by atoms with E-state index in [-0.39, 0.29) is 6.54 Å². The SMILES string of the molecule is COC(=O)C(O)CNC(=O)CS(C)(=O)=O. The zero-order valence-corrected chi connectivity index (χ0v) is 9.20. The second kappa shape index (κ2) is 5.66. The molecule has 0 aliphatic carbocycles. The minimum atomic E-state index is -3.41. The van der Waals surface area contributed by atoms with E-state index in [9.17, 15) is 18.0 Å². The Kier molecular flexibility index (Phi) is 5.23. The molecule has 15 heavy (non-hydrogen) atoms. The van der Waals surface area contributed by atoms with Gasteiger partial charge >= 0.3 is 5.97 Å². The highest BCUT2D eigenvalue weighted by Gasteiger charge is 2.17.